The highest BCUT2D eigenvalue weighted by Crippen LogP contribution is 2.23. The fourth-order valence-corrected chi connectivity index (χ4v) is 2.56. The van der Waals surface area contributed by atoms with Crippen molar-refractivity contribution < 1.29 is 14.3 Å². The lowest BCUT2D eigenvalue weighted by molar-refractivity contribution is -0.118. The average molecular weight is 389 g/mol. The van der Waals surface area contributed by atoms with Crippen LogP contribution in [0.3, 0.4) is 0 Å². The third kappa shape index (κ3) is 6.94. The largest absolute Gasteiger partial charge is 0.490 e. The van der Waals surface area contributed by atoms with Crippen LogP contribution in [0.25, 0.3) is 0 Å². The van der Waals surface area contributed by atoms with E-state index in [1.54, 1.807) is 18.2 Å². The normalized spacial score (nSPS) is 12.0. The number of halogens is 1. The molecule has 1 unspecified atom stereocenters. The topological polar surface area (TPSA) is 59.9 Å². The van der Waals surface area contributed by atoms with E-state index < -0.39 is 0 Å². The molecule has 0 bridgehead atoms. The molecule has 0 heterocycles. The van der Waals surface area contributed by atoms with Crippen LogP contribution >= 0.6 is 11.6 Å². The average Bonchev–Trinajstić information content (AvgIpc) is 2.66. The van der Waals surface area contributed by atoms with Crippen LogP contribution in [0.2, 0.25) is 5.02 Å². The van der Waals surface area contributed by atoms with Gasteiger partial charge in [0.05, 0.1) is 6.21 Å². The third-order valence-electron chi connectivity index (χ3n) is 4.07. The Balaban J connectivity index is 1.87. The number of carbonyl (C=O) groups excluding carboxylic acids is 1. The molecule has 0 saturated heterocycles. The van der Waals surface area contributed by atoms with Gasteiger partial charge in [0.2, 0.25) is 5.91 Å². The summed E-state index contributed by atoms with van der Waals surface area (Å²) in [5.41, 5.74) is 4.34. The molecule has 0 aliphatic heterocycles. The molecule has 0 aliphatic carbocycles. The minimum absolute atomic E-state index is 0.247. The number of hydrogen-bond donors (Lipinski definition) is 1. The standard InChI is InChI=1S/C21H25ClN2O3/c1-4-15(2)17-5-8-20(9-6-17)26-11-12-27-21-10-7-19(22)13-18(21)14-23-24-16(3)25/h5-10,13-15H,4,11-12H2,1-3H3,(H,24,25)/b23-14+. The quantitative estimate of drug-likeness (QED) is 0.382. The predicted octanol–water partition coefficient (Wildman–Crippen LogP) is 4.78. The Morgan fingerprint density at radius 3 is 2.56 bits per heavy atom. The molecule has 5 nitrogen and oxygen atoms in total. The first-order chi connectivity index (χ1) is 13.0. The summed E-state index contributed by atoms with van der Waals surface area (Å²) in [5, 5.41) is 4.41. The van der Waals surface area contributed by atoms with Crippen molar-refractivity contribution in [2.45, 2.75) is 33.1 Å². The molecule has 2 aromatic rings. The fourth-order valence-electron chi connectivity index (χ4n) is 2.38. The van der Waals surface area contributed by atoms with Crippen LogP contribution < -0.4 is 14.9 Å². The van der Waals surface area contributed by atoms with E-state index in [0.29, 0.717) is 35.5 Å². The first-order valence-electron chi connectivity index (χ1n) is 8.94. The van der Waals surface area contributed by atoms with E-state index in [9.17, 15) is 4.79 Å². The Kier molecular flexibility index (Phi) is 8.14. The molecule has 1 N–H and O–H groups in total. The summed E-state index contributed by atoms with van der Waals surface area (Å²) in [7, 11) is 0. The van der Waals surface area contributed by atoms with Crippen molar-refractivity contribution >= 4 is 23.7 Å². The Labute approximate surface area is 165 Å². The van der Waals surface area contributed by atoms with Gasteiger partial charge in [-0.3, -0.25) is 4.79 Å². The van der Waals surface area contributed by atoms with Gasteiger partial charge in [0.25, 0.3) is 0 Å². The first kappa shape index (κ1) is 20.8. The Morgan fingerprint density at radius 1 is 1.19 bits per heavy atom. The number of hydrazone groups is 1. The summed E-state index contributed by atoms with van der Waals surface area (Å²) in [6.07, 6.45) is 2.61. The third-order valence-corrected chi connectivity index (χ3v) is 4.30. The summed E-state index contributed by atoms with van der Waals surface area (Å²) < 4.78 is 11.5. The van der Waals surface area contributed by atoms with Crippen LogP contribution in [0.15, 0.2) is 47.6 Å². The lowest BCUT2D eigenvalue weighted by Crippen LogP contribution is -2.13. The molecule has 144 valence electrons. The van der Waals surface area contributed by atoms with E-state index in [1.165, 1.54) is 18.7 Å². The first-order valence-corrected chi connectivity index (χ1v) is 9.32. The molecule has 0 aromatic heterocycles. The van der Waals surface area contributed by atoms with Crippen molar-refractivity contribution in [3.8, 4) is 11.5 Å². The second kappa shape index (κ2) is 10.6. The molecular formula is C21H25ClN2O3. The summed E-state index contributed by atoms with van der Waals surface area (Å²) in [6.45, 7) is 6.56. The van der Waals surface area contributed by atoms with Crippen LogP contribution in [-0.2, 0) is 4.79 Å². The van der Waals surface area contributed by atoms with Gasteiger partial charge in [0, 0.05) is 17.5 Å². The van der Waals surface area contributed by atoms with Crippen LogP contribution in [0.1, 0.15) is 44.2 Å². The van der Waals surface area contributed by atoms with Gasteiger partial charge in [-0.1, -0.05) is 37.6 Å². The van der Waals surface area contributed by atoms with Crippen LogP contribution in [0, 0.1) is 0 Å². The minimum Gasteiger partial charge on any atom is -0.490 e. The zero-order chi connectivity index (χ0) is 19.6. The van der Waals surface area contributed by atoms with Gasteiger partial charge in [0.15, 0.2) is 0 Å². The molecule has 0 saturated carbocycles. The maximum Gasteiger partial charge on any atom is 0.236 e. The smallest absolute Gasteiger partial charge is 0.236 e. The maximum atomic E-state index is 10.9. The van der Waals surface area contributed by atoms with Gasteiger partial charge in [-0.15, -0.1) is 0 Å². The second-order valence-corrected chi connectivity index (χ2v) is 6.62. The molecule has 27 heavy (non-hydrogen) atoms. The van der Waals surface area contributed by atoms with Gasteiger partial charge < -0.3 is 9.47 Å². The Bertz CT molecular complexity index is 775. The van der Waals surface area contributed by atoms with Gasteiger partial charge in [-0.2, -0.15) is 5.10 Å². The highest BCUT2D eigenvalue weighted by atomic mass is 35.5. The minimum atomic E-state index is -0.247. The van der Waals surface area contributed by atoms with E-state index in [2.05, 4.69) is 36.5 Å². The van der Waals surface area contributed by atoms with Crippen molar-refractivity contribution in [1.82, 2.24) is 5.43 Å². The molecule has 0 spiro atoms. The van der Waals surface area contributed by atoms with Crippen molar-refractivity contribution in [3.05, 3.63) is 58.6 Å². The molecule has 0 radical (unpaired) electrons. The van der Waals surface area contributed by atoms with Gasteiger partial charge >= 0.3 is 0 Å². The highest BCUT2D eigenvalue weighted by Gasteiger charge is 2.05. The van der Waals surface area contributed by atoms with Crippen molar-refractivity contribution in [1.29, 1.82) is 0 Å². The predicted molar refractivity (Wildman–Crippen MR) is 109 cm³/mol. The molecule has 0 aliphatic rings. The summed E-state index contributed by atoms with van der Waals surface area (Å²) in [4.78, 5) is 10.9. The zero-order valence-electron chi connectivity index (χ0n) is 15.9. The highest BCUT2D eigenvalue weighted by molar-refractivity contribution is 6.30. The monoisotopic (exact) mass is 388 g/mol. The number of carbonyl (C=O) groups is 1. The molecule has 6 heteroatoms. The number of nitrogens with zero attached hydrogens (tertiary/aromatic N) is 1. The number of amides is 1. The zero-order valence-corrected chi connectivity index (χ0v) is 16.6. The van der Waals surface area contributed by atoms with Crippen LogP contribution in [-0.4, -0.2) is 25.3 Å². The number of rotatable bonds is 9. The second-order valence-electron chi connectivity index (χ2n) is 6.18. The number of hydrogen-bond acceptors (Lipinski definition) is 4. The van der Waals surface area contributed by atoms with E-state index in [1.807, 2.05) is 12.1 Å². The van der Waals surface area contributed by atoms with Crippen molar-refractivity contribution in [3.63, 3.8) is 0 Å². The number of nitrogens with one attached hydrogen (secondary N) is 1. The Hall–Kier alpha value is -2.53. The van der Waals surface area contributed by atoms with E-state index in [0.717, 1.165) is 12.2 Å². The van der Waals surface area contributed by atoms with Gasteiger partial charge in [-0.05, 0) is 48.2 Å². The van der Waals surface area contributed by atoms with Crippen molar-refractivity contribution in [2.24, 2.45) is 5.10 Å². The Morgan fingerprint density at radius 2 is 1.89 bits per heavy atom. The number of ether oxygens (including phenoxy) is 2. The van der Waals surface area contributed by atoms with Crippen molar-refractivity contribution in [2.75, 3.05) is 13.2 Å². The van der Waals surface area contributed by atoms with E-state index >= 15 is 0 Å². The lowest BCUT2D eigenvalue weighted by Gasteiger charge is -2.12. The number of benzene rings is 2. The van der Waals surface area contributed by atoms with E-state index in [-0.39, 0.29) is 5.91 Å². The maximum absolute atomic E-state index is 10.9. The lowest BCUT2D eigenvalue weighted by atomic mass is 9.99. The SMILES string of the molecule is CCC(C)c1ccc(OCCOc2ccc(Cl)cc2/C=N/NC(C)=O)cc1. The summed E-state index contributed by atoms with van der Waals surface area (Å²) in [5.74, 6) is 1.73. The molecular weight excluding hydrogens is 364 g/mol. The molecule has 1 atom stereocenters. The van der Waals surface area contributed by atoms with E-state index in [4.69, 9.17) is 21.1 Å². The summed E-state index contributed by atoms with van der Waals surface area (Å²) >= 11 is 6.02. The van der Waals surface area contributed by atoms with Crippen LogP contribution in [0.4, 0.5) is 0 Å². The van der Waals surface area contributed by atoms with Gasteiger partial charge in [0.1, 0.15) is 24.7 Å². The van der Waals surface area contributed by atoms with Crippen LogP contribution in [0.5, 0.6) is 11.5 Å². The molecule has 2 aromatic carbocycles. The fraction of sp³-hybridized carbons (Fsp3) is 0.333. The summed E-state index contributed by atoms with van der Waals surface area (Å²) in [6, 6.07) is 13.4. The molecule has 2 rings (SSSR count). The molecule has 1 amide bonds. The van der Waals surface area contributed by atoms with Gasteiger partial charge in [-0.25, -0.2) is 5.43 Å². The molecule has 0 fully saturated rings.